The van der Waals surface area contributed by atoms with Gasteiger partial charge in [-0.05, 0) is 18.1 Å². The number of benzene rings is 1. The van der Waals surface area contributed by atoms with Crippen LogP contribution in [-0.4, -0.2) is 18.5 Å². The number of nitrogens with one attached hydrogen (secondary N) is 3. The summed E-state index contributed by atoms with van der Waals surface area (Å²) in [5, 5.41) is 12.9. The van der Waals surface area contributed by atoms with Gasteiger partial charge in [-0.25, -0.2) is 0 Å². The number of unbranched alkanes of at least 4 members (excludes halogenated alkanes) is 1. The molecule has 0 saturated heterocycles. The van der Waals surface area contributed by atoms with Crippen LogP contribution in [0.1, 0.15) is 25.3 Å². The Labute approximate surface area is 126 Å². The third-order valence-corrected chi connectivity index (χ3v) is 2.33. The highest BCUT2D eigenvalue weighted by Crippen LogP contribution is 1.99. The lowest BCUT2D eigenvalue weighted by Crippen LogP contribution is -2.42. The van der Waals surface area contributed by atoms with Crippen LogP contribution >= 0.6 is 12.4 Å². The molecule has 20 heavy (non-hydrogen) atoms. The molecule has 0 spiro atoms. The lowest BCUT2D eigenvalue weighted by atomic mass is 10.2. The summed E-state index contributed by atoms with van der Waals surface area (Å²) in [6.45, 7) is 2.81. The Hall–Kier alpha value is -2.01. The van der Waals surface area contributed by atoms with Crippen molar-refractivity contribution in [3.05, 3.63) is 42.1 Å². The minimum Gasteiger partial charge on any atom is -0.370 e. The molecule has 0 unspecified atom stereocenters. The highest BCUT2D eigenvalue weighted by atomic mass is 35.5. The fraction of sp³-hybridized carbons (Fsp3) is 0.286. The Morgan fingerprint density at radius 2 is 2.05 bits per heavy atom. The molecule has 0 radical (unpaired) electrons. The lowest BCUT2D eigenvalue weighted by molar-refractivity contribution is 0.801. The summed E-state index contributed by atoms with van der Waals surface area (Å²) in [6.07, 6.45) is 5.79. The van der Waals surface area contributed by atoms with E-state index >= 15 is 0 Å². The topological polar surface area (TPSA) is 86.3 Å². The maximum atomic E-state index is 7.23. The second-order valence-corrected chi connectivity index (χ2v) is 4.01. The zero-order chi connectivity index (χ0) is 13.9. The molecule has 5 nitrogen and oxygen atoms in total. The molecule has 0 aromatic heterocycles. The minimum absolute atomic E-state index is 0. The molecular weight excluding hydrogens is 274 g/mol. The van der Waals surface area contributed by atoms with Crippen molar-refractivity contribution in [2.45, 2.75) is 19.8 Å². The van der Waals surface area contributed by atoms with E-state index < -0.39 is 0 Å². The third-order valence-electron chi connectivity index (χ3n) is 2.33. The van der Waals surface area contributed by atoms with Crippen molar-refractivity contribution >= 4 is 30.4 Å². The standard InChI is InChI=1S/C14H21N5.ClH/c1-2-3-10-17-14(19-13(15)16)18-11-9-12-7-5-4-6-8-12;/h4-9,11H,2-3,10H2,1H3,(H5,15,16,17,18,19);1H. The van der Waals surface area contributed by atoms with Crippen molar-refractivity contribution in [2.24, 2.45) is 10.7 Å². The predicted octanol–water partition coefficient (Wildman–Crippen LogP) is 2.31. The number of nitrogens with zero attached hydrogens (tertiary/aromatic N) is 1. The normalized spacial score (nSPS) is 10.9. The third kappa shape index (κ3) is 8.16. The molecule has 0 aliphatic carbocycles. The quantitative estimate of drug-likeness (QED) is 0.382. The second kappa shape index (κ2) is 10.9. The van der Waals surface area contributed by atoms with Gasteiger partial charge in [-0.2, -0.15) is 0 Å². The summed E-state index contributed by atoms with van der Waals surface area (Å²) >= 11 is 0. The number of hydrogen-bond acceptors (Lipinski definition) is 2. The first kappa shape index (κ1) is 18.0. The Kier molecular flexibility index (Phi) is 9.78. The molecular formula is C14H22ClN5. The Morgan fingerprint density at radius 3 is 2.65 bits per heavy atom. The van der Waals surface area contributed by atoms with E-state index in [1.807, 2.05) is 36.4 Å². The second-order valence-electron chi connectivity index (χ2n) is 4.01. The van der Waals surface area contributed by atoms with Crippen molar-refractivity contribution in [3.63, 3.8) is 0 Å². The summed E-state index contributed by atoms with van der Waals surface area (Å²) in [5.41, 5.74) is 6.40. The van der Waals surface area contributed by atoms with Crippen molar-refractivity contribution < 1.29 is 0 Å². The molecule has 110 valence electrons. The van der Waals surface area contributed by atoms with Crippen molar-refractivity contribution in [3.8, 4) is 0 Å². The Balaban J connectivity index is 0.00000361. The fourth-order valence-electron chi connectivity index (χ4n) is 1.38. The van der Waals surface area contributed by atoms with Gasteiger partial charge in [0.2, 0.25) is 5.96 Å². The zero-order valence-corrected chi connectivity index (χ0v) is 12.4. The minimum atomic E-state index is -0.129. The highest BCUT2D eigenvalue weighted by Gasteiger charge is 1.96. The molecule has 0 bridgehead atoms. The van der Waals surface area contributed by atoms with Gasteiger partial charge >= 0.3 is 0 Å². The largest absolute Gasteiger partial charge is 0.370 e. The molecule has 1 rings (SSSR count). The molecule has 0 aliphatic rings. The molecule has 0 atom stereocenters. The molecule has 0 amide bonds. The SMILES string of the molecule is CCCCN=C(NC=Cc1ccccc1)NC(=N)N.Cl. The molecule has 0 fully saturated rings. The van der Waals surface area contributed by atoms with Gasteiger partial charge in [0.1, 0.15) is 0 Å². The first-order chi connectivity index (χ1) is 9.22. The molecule has 6 heteroatoms. The van der Waals surface area contributed by atoms with E-state index in [9.17, 15) is 0 Å². The highest BCUT2D eigenvalue weighted by molar-refractivity contribution is 5.97. The number of guanidine groups is 2. The van der Waals surface area contributed by atoms with Gasteiger partial charge in [-0.1, -0.05) is 43.7 Å². The first-order valence-corrected chi connectivity index (χ1v) is 6.36. The number of rotatable bonds is 5. The molecule has 0 saturated carbocycles. The number of halogens is 1. The number of hydrogen-bond donors (Lipinski definition) is 4. The van der Waals surface area contributed by atoms with Crippen molar-refractivity contribution in [1.29, 1.82) is 5.41 Å². The average Bonchev–Trinajstić information content (AvgIpc) is 2.39. The van der Waals surface area contributed by atoms with Crippen LogP contribution in [0, 0.1) is 5.41 Å². The van der Waals surface area contributed by atoms with Gasteiger partial charge in [0.15, 0.2) is 5.96 Å². The van der Waals surface area contributed by atoms with Gasteiger partial charge in [0.25, 0.3) is 0 Å². The predicted molar refractivity (Wildman–Crippen MR) is 88.1 cm³/mol. The Bertz CT molecular complexity index is 442. The maximum absolute atomic E-state index is 7.23. The summed E-state index contributed by atoms with van der Waals surface area (Å²) in [6, 6.07) is 9.93. The monoisotopic (exact) mass is 295 g/mol. The van der Waals surface area contributed by atoms with Gasteiger partial charge < -0.3 is 11.1 Å². The molecule has 1 aromatic carbocycles. The first-order valence-electron chi connectivity index (χ1n) is 6.36. The van der Waals surface area contributed by atoms with Crippen LogP contribution in [0.5, 0.6) is 0 Å². The van der Waals surface area contributed by atoms with Crippen LogP contribution in [-0.2, 0) is 0 Å². The van der Waals surface area contributed by atoms with Gasteiger partial charge in [0.05, 0.1) is 0 Å². The summed E-state index contributed by atoms with van der Waals surface area (Å²) < 4.78 is 0. The van der Waals surface area contributed by atoms with Crippen molar-refractivity contribution in [1.82, 2.24) is 10.6 Å². The average molecular weight is 296 g/mol. The Morgan fingerprint density at radius 1 is 1.35 bits per heavy atom. The van der Waals surface area contributed by atoms with E-state index in [2.05, 4.69) is 22.5 Å². The molecule has 0 heterocycles. The van der Waals surface area contributed by atoms with Crippen LogP contribution in [0.25, 0.3) is 6.08 Å². The summed E-state index contributed by atoms with van der Waals surface area (Å²) in [5.74, 6) is 0.365. The van der Waals surface area contributed by atoms with Crippen molar-refractivity contribution in [2.75, 3.05) is 6.54 Å². The van der Waals surface area contributed by atoms with Crippen LogP contribution in [0.2, 0.25) is 0 Å². The number of nitrogens with two attached hydrogens (primary N) is 1. The molecule has 5 N–H and O–H groups in total. The van der Waals surface area contributed by atoms with Crippen LogP contribution in [0.3, 0.4) is 0 Å². The zero-order valence-electron chi connectivity index (χ0n) is 11.6. The van der Waals surface area contributed by atoms with Gasteiger partial charge in [-0.3, -0.25) is 15.7 Å². The fourth-order valence-corrected chi connectivity index (χ4v) is 1.38. The van der Waals surface area contributed by atoms with E-state index in [0.717, 1.165) is 18.4 Å². The smallest absolute Gasteiger partial charge is 0.202 e. The molecule has 1 aromatic rings. The van der Waals surface area contributed by atoms with Crippen LogP contribution in [0.15, 0.2) is 41.5 Å². The van der Waals surface area contributed by atoms with E-state index in [4.69, 9.17) is 11.1 Å². The summed E-state index contributed by atoms with van der Waals surface area (Å²) in [4.78, 5) is 4.31. The van der Waals surface area contributed by atoms with Gasteiger partial charge in [-0.15, -0.1) is 12.4 Å². The van der Waals surface area contributed by atoms with E-state index in [1.165, 1.54) is 0 Å². The summed E-state index contributed by atoms with van der Waals surface area (Å²) in [7, 11) is 0. The van der Waals surface area contributed by atoms with E-state index in [0.29, 0.717) is 12.5 Å². The van der Waals surface area contributed by atoms with Gasteiger partial charge in [0, 0.05) is 12.7 Å². The molecule has 0 aliphatic heterocycles. The maximum Gasteiger partial charge on any atom is 0.202 e. The van der Waals surface area contributed by atoms with Crippen LogP contribution in [0.4, 0.5) is 0 Å². The lowest BCUT2D eigenvalue weighted by Gasteiger charge is -2.07. The number of aliphatic imine (C=N–C) groups is 1. The van der Waals surface area contributed by atoms with E-state index in [-0.39, 0.29) is 18.4 Å². The van der Waals surface area contributed by atoms with E-state index in [1.54, 1.807) is 6.20 Å². The van der Waals surface area contributed by atoms with Crippen LogP contribution < -0.4 is 16.4 Å².